The lowest BCUT2D eigenvalue weighted by Crippen LogP contribution is -2.43. The number of anilines is 1. The predicted molar refractivity (Wildman–Crippen MR) is 114 cm³/mol. The average Bonchev–Trinajstić information content (AvgIpc) is 3.00. The van der Waals surface area contributed by atoms with Crippen molar-refractivity contribution in [1.82, 2.24) is 15.3 Å². The maximum absolute atomic E-state index is 12.8. The third-order valence-corrected chi connectivity index (χ3v) is 5.99. The summed E-state index contributed by atoms with van der Waals surface area (Å²) in [5, 5.41) is 4.66. The maximum atomic E-state index is 12.8. The lowest BCUT2D eigenvalue weighted by atomic mass is 9.96. The van der Waals surface area contributed by atoms with Crippen LogP contribution in [-0.4, -0.2) is 29.0 Å². The van der Waals surface area contributed by atoms with Crippen molar-refractivity contribution in [1.29, 1.82) is 0 Å². The standard InChI is InChI=1S/C22H25ClN4O2/c1-13-14(2)29-22-19(13)20(25-15(3)26-22)27-10-6-8-17(12-27)21(28)24-11-16-7-4-5-9-18(16)23/h4-5,7,9,17H,6,8,10-12H2,1-3H3,(H,24,28)/t17-/m1/s1. The second kappa shape index (κ2) is 8.03. The Balaban J connectivity index is 1.52. The van der Waals surface area contributed by atoms with Crippen molar-refractivity contribution < 1.29 is 9.21 Å². The number of nitrogens with zero attached hydrogens (tertiary/aromatic N) is 3. The molecule has 152 valence electrons. The zero-order valence-electron chi connectivity index (χ0n) is 17.0. The van der Waals surface area contributed by atoms with Crippen LogP contribution in [-0.2, 0) is 11.3 Å². The van der Waals surface area contributed by atoms with E-state index in [2.05, 4.69) is 15.2 Å². The fraction of sp³-hybridized carbons (Fsp3) is 0.409. The monoisotopic (exact) mass is 412 g/mol. The molecule has 0 radical (unpaired) electrons. The van der Waals surface area contributed by atoms with Crippen LogP contribution in [0, 0.1) is 26.7 Å². The molecule has 29 heavy (non-hydrogen) atoms. The molecule has 0 saturated carbocycles. The third kappa shape index (κ3) is 3.94. The summed E-state index contributed by atoms with van der Waals surface area (Å²) in [6.45, 7) is 7.77. The van der Waals surface area contributed by atoms with Crippen molar-refractivity contribution in [3.05, 3.63) is 52.0 Å². The highest BCUT2D eigenvalue weighted by molar-refractivity contribution is 6.31. The Morgan fingerprint density at radius 2 is 2.07 bits per heavy atom. The quantitative estimate of drug-likeness (QED) is 0.690. The van der Waals surface area contributed by atoms with Crippen molar-refractivity contribution in [3.63, 3.8) is 0 Å². The summed E-state index contributed by atoms with van der Waals surface area (Å²) in [6.07, 6.45) is 1.80. The molecule has 0 unspecified atom stereocenters. The maximum Gasteiger partial charge on any atom is 0.231 e. The number of amides is 1. The SMILES string of the molecule is Cc1nc(N2CCC[C@@H](C(=O)NCc3ccccc3Cl)C2)c2c(C)c(C)oc2n1. The van der Waals surface area contributed by atoms with Crippen LogP contribution in [0.1, 0.15) is 35.6 Å². The van der Waals surface area contributed by atoms with Crippen LogP contribution in [0.2, 0.25) is 5.02 Å². The normalized spacial score (nSPS) is 17.0. The number of halogens is 1. The number of aromatic nitrogens is 2. The average molecular weight is 413 g/mol. The Bertz CT molecular complexity index is 1060. The summed E-state index contributed by atoms with van der Waals surface area (Å²) in [7, 11) is 0. The van der Waals surface area contributed by atoms with Crippen LogP contribution in [0.4, 0.5) is 5.82 Å². The van der Waals surface area contributed by atoms with Gasteiger partial charge in [0.05, 0.1) is 11.3 Å². The van der Waals surface area contributed by atoms with Gasteiger partial charge in [-0.1, -0.05) is 29.8 Å². The zero-order chi connectivity index (χ0) is 20.5. The molecule has 1 aliphatic heterocycles. The topological polar surface area (TPSA) is 71.3 Å². The Labute approximate surface area is 175 Å². The number of furan rings is 1. The Morgan fingerprint density at radius 3 is 2.86 bits per heavy atom. The Hall–Kier alpha value is -2.60. The first-order chi connectivity index (χ1) is 13.9. The van der Waals surface area contributed by atoms with Gasteiger partial charge in [-0.05, 0) is 45.2 Å². The third-order valence-electron chi connectivity index (χ3n) is 5.62. The summed E-state index contributed by atoms with van der Waals surface area (Å²) in [6, 6.07) is 7.58. The molecule has 1 fully saturated rings. The first kappa shape index (κ1) is 19.7. The molecule has 4 rings (SSSR count). The van der Waals surface area contributed by atoms with E-state index in [0.717, 1.165) is 47.5 Å². The van der Waals surface area contributed by atoms with Crippen LogP contribution in [0.5, 0.6) is 0 Å². The van der Waals surface area contributed by atoms with E-state index in [9.17, 15) is 4.79 Å². The number of carbonyl (C=O) groups is 1. The van der Waals surface area contributed by atoms with E-state index in [-0.39, 0.29) is 11.8 Å². The lowest BCUT2D eigenvalue weighted by Gasteiger charge is -2.33. The highest BCUT2D eigenvalue weighted by Crippen LogP contribution is 2.33. The number of hydrogen-bond donors (Lipinski definition) is 1. The molecule has 0 bridgehead atoms. The van der Waals surface area contributed by atoms with Gasteiger partial charge in [-0.3, -0.25) is 4.79 Å². The van der Waals surface area contributed by atoms with Gasteiger partial charge in [-0.25, -0.2) is 4.98 Å². The number of aryl methyl sites for hydroxylation is 3. The molecule has 1 saturated heterocycles. The van der Waals surface area contributed by atoms with Crippen molar-refractivity contribution in [2.24, 2.45) is 5.92 Å². The van der Waals surface area contributed by atoms with E-state index in [1.54, 1.807) is 0 Å². The largest absolute Gasteiger partial charge is 0.443 e. The van der Waals surface area contributed by atoms with Gasteiger partial charge in [0.2, 0.25) is 11.6 Å². The summed E-state index contributed by atoms with van der Waals surface area (Å²) >= 11 is 6.20. The number of rotatable bonds is 4. The molecule has 3 heterocycles. The van der Waals surface area contributed by atoms with E-state index in [0.29, 0.717) is 29.7 Å². The van der Waals surface area contributed by atoms with E-state index < -0.39 is 0 Å². The highest BCUT2D eigenvalue weighted by Gasteiger charge is 2.29. The van der Waals surface area contributed by atoms with Gasteiger partial charge in [0.1, 0.15) is 17.4 Å². The number of piperidine rings is 1. The lowest BCUT2D eigenvalue weighted by molar-refractivity contribution is -0.125. The van der Waals surface area contributed by atoms with Gasteiger partial charge >= 0.3 is 0 Å². The summed E-state index contributed by atoms with van der Waals surface area (Å²) in [5.41, 5.74) is 2.60. The minimum Gasteiger partial charge on any atom is -0.443 e. The minimum absolute atomic E-state index is 0.0525. The fourth-order valence-electron chi connectivity index (χ4n) is 3.91. The number of fused-ring (bicyclic) bond motifs is 1. The second-order valence-corrected chi connectivity index (χ2v) is 8.06. The summed E-state index contributed by atoms with van der Waals surface area (Å²) in [5.74, 6) is 2.35. The van der Waals surface area contributed by atoms with Crippen LogP contribution in [0.15, 0.2) is 28.7 Å². The molecule has 0 aliphatic carbocycles. The van der Waals surface area contributed by atoms with Crippen LogP contribution in [0.25, 0.3) is 11.1 Å². The van der Waals surface area contributed by atoms with Crippen molar-refractivity contribution >= 4 is 34.4 Å². The summed E-state index contributed by atoms with van der Waals surface area (Å²) in [4.78, 5) is 24.2. The van der Waals surface area contributed by atoms with Gasteiger partial charge in [-0.2, -0.15) is 4.98 Å². The van der Waals surface area contributed by atoms with E-state index >= 15 is 0 Å². The number of nitrogens with one attached hydrogen (secondary N) is 1. The first-order valence-electron chi connectivity index (χ1n) is 9.94. The van der Waals surface area contributed by atoms with E-state index in [1.807, 2.05) is 45.0 Å². The smallest absolute Gasteiger partial charge is 0.231 e. The molecular formula is C22H25ClN4O2. The molecule has 1 aromatic carbocycles. The second-order valence-electron chi connectivity index (χ2n) is 7.65. The van der Waals surface area contributed by atoms with Crippen LogP contribution in [0.3, 0.4) is 0 Å². The molecule has 0 spiro atoms. The highest BCUT2D eigenvalue weighted by atomic mass is 35.5. The molecular weight excluding hydrogens is 388 g/mol. The fourth-order valence-corrected chi connectivity index (χ4v) is 4.12. The number of benzene rings is 1. The number of carbonyl (C=O) groups excluding carboxylic acids is 1. The minimum atomic E-state index is -0.0927. The first-order valence-corrected chi connectivity index (χ1v) is 10.3. The molecule has 1 aliphatic rings. The molecule has 2 aromatic heterocycles. The predicted octanol–water partition coefficient (Wildman–Crippen LogP) is 4.33. The van der Waals surface area contributed by atoms with Gasteiger partial charge < -0.3 is 14.6 Å². The van der Waals surface area contributed by atoms with E-state index in [1.165, 1.54) is 0 Å². The molecule has 6 nitrogen and oxygen atoms in total. The Kier molecular flexibility index (Phi) is 5.46. The molecule has 1 N–H and O–H groups in total. The van der Waals surface area contributed by atoms with Crippen molar-refractivity contribution in [2.45, 2.75) is 40.2 Å². The van der Waals surface area contributed by atoms with Gasteiger partial charge in [0, 0.05) is 30.2 Å². The van der Waals surface area contributed by atoms with Crippen LogP contribution >= 0.6 is 11.6 Å². The van der Waals surface area contributed by atoms with Gasteiger partial charge in [-0.15, -0.1) is 0 Å². The molecule has 1 amide bonds. The molecule has 1 atom stereocenters. The van der Waals surface area contributed by atoms with Crippen molar-refractivity contribution in [3.8, 4) is 0 Å². The summed E-state index contributed by atoms with van der Waals surface area (Å²) < 4.78 is 5.81. The van der Waals surface area contributed by atoms with Gasteiger partial charge in [0.25, 0.3) is 0 Å². The van der Waals surface area contributed by atoms with E-state index in [4.69, 9.17) is 21.0 Å². The van der Waals surface area contributed by atoms with Crippen molar-refractivity contribution in [2.75, 3.05) is 18.0 Å². The van der Waals surface area contributed by atoms with Crippen LogP contribution < -0.4 is 10.2 Å². The molecule has 7 heteroatoms. The zero-order valence-corrected chi connectivity index (χ0v) is 17.7. The Morgan fingerprint density at radius 1 is 1.28 bits per heavy atom. The van der Waals surface area contributed by atoms with Gasteiger partial charge in [0.15, 0.2) is 0 Å². The molecule has 3 aromatic rings. The number of hydrogen-bond acceptors (Lipinski definition) is 5.